The molecule has 1 aromatic carbocycles. The number of aromatic nitrogens is 2. The largest absolute Gasteiger partial charge is 0.490 e. The normalized spacial score (nSPS) is 11.7. The summed E-state index contributed by atoms with van der Waals surface area (Å²) >= 11 is 0. The number of hydrogen-bond acceptors (Lipinski definition) is 4. The SMILES string of the molecule is CC(C)N(C)CCCNCc1cccc2cn[nH]c12.O=C(O)C(F)(F)F. The maximum atomic E-state index is 10.6. The summed E-state index contributed by atoms with van der Waals surface area (Å²) in [5.41, 5.74) is 2.43. The number of alkyl halides is 3. The fourth-order valence-corrected chi connectivity index (χ4v) is 2.11. The van der Waals surface area contributed by atoms with E-state index in [1.165, 1.54) is 17.4 Å². The number of aliphatic carboxylic acids is 1. The van der Waals surface area contributed by atoms with Gasteiger partial charge in [0.15, 0.2) is 0 Å². The van der Waals surface area contributed by atoms with Crippen molar-refractivity contribution in [2.75, 3.05) is 20.1 Å². The second kappa shape index (κ2) is 10.1. The molecule has 6 nitrogen and oxygen atoms in total. The minimum Gasteiger partial charge on any atom is -0.475 e. The van der Waals surface area contributed by atoms with Gasteiger partial charge < -0.3 is 15.3 Å². The molecule has 0 aliphatic carbocycles. The van der Waals surface area contributed by atoms with Gasteiger partial charge in [0.05, 0.1) is 11.7 Å². The van der Waals surface area contributed by atoms with Gasteiger partial charge in [0.1, 0.15) is 0 Å². The molecular weight excluding hydrogens is 349 g/mol. The molecule has 3 N–H and O–H groups in total. The Hall–Kier alpha value is -2.13. The quantitative estimate of drug-likeness (QED) is 0.649. The van der Waals surface area contributed by atoms with Crippen LogP contribution in [0, 0.1) is 0 Å². The molecule has 0 radical (unpaired) electrons. The summed E-state index contributed by atoms with van der Waals surface area (Å²) in [6.45, 7) is 7.53. The Morgan fingerprint density at radius 3 is 2.62 bits per heavy atom. The van der Waals surface area contributed by atoms with Crippen molar-refractivity contribution < 1.29 is 23.1 Å². The number of nitrogens with one attached hydrogen (secondary N) is 2. The van der Waals surface area contributed by atoms with Crippen LogP contribution in [0.15, 0.2) is 24.4 Å². The number of benzene rings is 1. The predicted molar refractivity (Wildman–Crippen MR) is 93.9 cm³/mol. The molecule has 0 aliphatic heterocycles. The number of nitrogens with zero attached hydrogens (tertiary/aromatic N) is 2. The molecule has 0 amide bonds. The summed E-state index contributed by atoms with van der Waals surface area (Å²) in [7, 11) is 2.18. The molecule has 2 aromatic rings. The first-order valence-corrected chi connectivity index (χ1v) is 8.25. The molecule has 146 valence electrons. The van der Waals surface area contributed by atoms with Gasteiger partial charge >= 0.3 is 12.1 Å². The standard InChI is InChI=1S/C15H24N4.C2HF3O2/c1-12(2)19(3)9-5-8-16-10-13-6-4-7-14-11-17-18-15(13)14;3-2(4,5)1(6)7/h4,6-7,11-12,16H,5,8-10H2,1-3H3,(H,17,18);(H,6,7). The van der Waals surface area contributed by atoms with E-state index in [2.05, 4.69) is 59.5 Å². The molecule has 0 saturated heterocycles. The Bertz CT molecular complexity index is 686. The van der Waals surface area contributed by atoms with E-state index in [1.807, 2.05) is 6.20 Å². The Kier molecular flexibility index (Phi) is 8.53. The number of rotatable bonds is 7. The first kappa shape index (κ1) is 21.9. The van der Waals surface area contributed by atoms with Crippen LogP contribution in [-0.2, 0) is 11.3 Å². The smallest absolute Gasteiger partial charge is 0.475 e. The van der Waals surface area contributed by atoms with Crippen molar-refractivity contribution in [2.45, 2.75) is 39.0 Å². The van der Waals surface area contributed by atoms with Crippen molar-refractivity contribution in [3.63, 3.8) is 0 Å². The van der Waals surface area contributed by atoms with Gasteiger partial charge in [-0.15, -0.1) is 0 Å². The number of para-hydroxylation sites is 1. The van der Waals surface area contributed by atoms with E-state index in [0.29, 0.717) is 6.04 Å². The minimum atomic E-state index is -5.08. The average molecular weight is 374 g/mol. The van der Waals surface area contributed by atoms with Crippen LogP contribution >= 0.6 is 0 Å². The number of carboxylic acid groups (broad SMARTS) is 1. The summed E-state index contributed by atoms with van der Waals surface area (Å²) in [6, 6.07) is 6.94. The number of carboxylic acids is 1. The van der Waals surface area contributed by atoms with Gasteiger partial charge in [-0.2, -0.15) is 18.3 Å². The molecule has 0 fully saturated rings. The predicted octanol–water partition coefficient (Wildman–Crippen LogP) is 3.02. The summed E-state index contributed by atoms with van der Waals surface area (Å²) in [4.78, 5) is 11.3. The van der Waals surface area contributed by atoms with Gasteiger partial charge in [-0.1, -0.05) is 18.2 Å². The molecule has 0 unspecified atom stereocenters. The molecule has 1 aromatic heterocycles. The van der Waals surface area contributed by atoms with E-state index in [4.69, 9.17) is 9.90 Å². The van der Waals surface area contributed by atoms with Crippen LogP contribution in [0.2, 0.25) is 0 Å². The lowest BCUT2D eigenvalue weighted by atomic mass is 10.1. The van der Waals surface area contributed by atoms with Gasteiger partial charge in [0.2, 0.25) is 0 Å². The van der Waals surface area contributed by atoms with Crippen LogP contribution in [0.25, 0.3) is 10.9 Å². The lowest BCUT2D eigenvalue weighted by molar-refractivity contribution is -0.192. The summed E-state index contributed by atoms with van der Waals surface area (Å²) in [6.07, 6.45) is -2.04. The molecular formula is C17H25F3N4O2. The summed E-state index contributed by atoms with van der Waals surface area (Å²) in [5, 5.41) is 19.0. The van der Waals surface area contributed by atoms with Crippen LogP contribution < -0.4 is 5.32 Å². The minimum absolute atomic E-state index is 0.624. The van der Waals surface area contributed by atoms with Gasteiger partial charge in [0.25, 0.3) is 0 Å². The maximum absolute atomic E-state index is 10.6. The van der Waals surface area contributed by atoms with Gasteiger partial charge in [-0.3, -0.25) is 5.10 Å². The van der Waals surface area contributed by atoms with Crippen LogP contribution in [0.4, 0.5) is 13.2 Å². The van der Waals surface area contributed by atoms with E-state index >= 15 is 0 Å². The Labute approximate surface area is 150 Å². The van der Waals surface area contributed by atoms with E-state index < -0.39 is 12.1 Å². The molecule has 1 heterocycles. The topological polar surface area (TPSA) is 81.2 Å². The third-order valence-electron chi connectivity index (χ3n) is 3.87. The number of hydrogen-bond donors (Lipinski definition) is 3. The number of aromatic amines is 1. The second-order valence-corrected chi connectivity index (χ2v) is 6.16. The third-order valence-corrected chi connectivity index (χ3v) is 3.87. The van der Waals surface area contributed by atoms with Crippen LogP contribution in [0.3, 0.4) is 0 Å². The first-order chi connectivity index (χ1) is 12.1. The molecule has 0 aliphatic rings. The fraction of sp³-hybridized carbons (Fsp3) is 0.529. The van der Waals surface area contributed by atoms with Crippen LogP contribution in [-0.4, -0.2) is 58.5 Å². The Morgan fingerprint density at radius 1 is 1.38 bits per heavy atom. The highest BCUT2D eigenvalue weighted by atomic mass is 19.4. The molecule has 0 atom stereocenters. The van der Waals surface area contributed by atoms with E-state index in [9.17, 15) is 13.2 Å². The number of halogens is 3. The maximum Gasteiger partial charge on any atom is 0.490 e. The number of H-pyrrole nitrogens is 1. The van der Waals surface area contributed by atoms with Crippen LogP contribution in [0.1, 0.15) is 25.8 Å². The Morgan fingerprint density at radius 2 is 2.04 bits per heavy atom. The van der Waals surface area contributed by atoms with Crippen molar-refractivity contribution in [1.82, 2.24) is 20.4 Å². The van der Waals surface area contributed by atoms with Gasteiger partial charge in [-0.05, 0) is 46.0 Å². The van der Waals surface area contributed by atoms with E-state index in [-0.39, 0.29) is 0 Å². The van der Waals surface area contributed by atoms with Gasteiger partial charge in [-0.25, -0.2) is 4.79 Å². The lowest BCUT2D eigenvalue weighted by Gasteiger charge is -2.20. The van der Waals surface area contributed by atoms with Crippen molar-refractivity contribution in [3.05, 3.63) is 30.0 Å². The first-order valence-electron chi connectivity index (χ1n) is 8.25. The Balaban J connectivity index is 0.000000412. The summed E-state index contributed by atoms with van der Waals surface area (Å²) < 4.78 is 31.7. The zero-order valence-corrected chi connectivity index (χ0v) is 15.1. The van der Waals surface area contributed by atoms with Crippen molar-refractivity contribution in [3.8, 4) is 0 Å². The average Bonchev–Trinajstić information content (AvgIpc) is 3.03. The second-order valence-electron chi connectivity index (χ2n) is 6.16. The van der Waals surface area contributed by atoms with Crippen molar-refractivity contribution in [2.24, 2.45) is 0 Å². The number of carbonyl (C=O) groups is 1. The fourth-order valence-electron chi connectivity index (χ4n) is 2.11. The third kappa shape index (κ3) is 7.40. The molecule has 0 spiro atoms. The van der Waals surface area contributed by atoms with Crippen molar-refractivity contribution in [1.29, 1.82) is 0 Å². The zero-order chi connectivity index (χ0) is 19.7. The zero-order valence-electron chi connectivity index (χ0n) is 15.1. The van der Waals surface area contributed by atoms with E-state index in [0.717, 1.165) is 25.2 Å². The highest BCUT2D eigenvalue weighted by Gasteiger charge is 2.38. The summed E-state index contributed by atoms with van der Waals surface area (Å²) in [5.74, 6) is -2.76. The van der Waals surface area contributed by atoms with Crippen LogP contribution in [0.5, 0.6) is 0 Å². The number of fused-ring (bicyclic) bond motifs is 1. The molecule has 26 heavy (non-hydrogen) atoms. The monoisotopic (exact) mass is 374 g/mol. The van der Waals surface area contributed by atoms with Crippen molar-refractivity contribution >= 4 is 16.9 Å². The highest BCUT2D eigenvalue weighted by Crippen LogP contribution is 2.15. The van der Waals surface area contributed by atoms with Gasteiger partial charge in [0, 0.05) is 18.0 Å². The lowest BCUT2D eigenvalue weighted by Crippen LogP contribution is -2.29. The van der Waals surface area contributed by atoms with E-state index in [1.54, 1.807) is 0 Å². The molecule has 9 heteroatoms. The molecule has 0 bridgehead atoms. The highest BCUT2D eigenvalue weighted by molar-refractivity contribution is 5.81. The molecule has 0 saturated carbocycles. The molecule has 2 rings (SSSR count).